The highest BCUT2D eigenvalue weighted by molar-refractivity contribution is 5.93. The van der Waals surface area contributed by atoms with Crippen molar-refractivity contribution in [1.29, 1.82) is 0 Å². The van der Waals surface area contributed by atoms with Gasteiger partial charge in [0, 0.05) is 23.3 Å². The van der Waals surface area contributed by atoms with E-state index in [1.807, 2.05) is 0 Å². The van der Waals surface area contributed by atoms with E-state index in [-0.39, 0.29) is 12.4 Å². The first kappa shape index (κ1) is 15.1. The Bertz CT molecular complexity index is 580. The summed E-state index contributed by atoms with van der Waals surface area (Å²) in [6.45, 7) is 3.30. The molecule has 0 aliphatic heterocycles. The Morgan fingerprint density at radius 3 is 2.80 bits per heavy atom. The number of benzene rings is 1. The maximum absolute atomic E-state index is 4.86. The molecule has 3 heteroatoms. The maximum Gasteiger partial charge on any atom is 0.0726 e. The van der Waals surface area contributed by atoms with Crippen LogP contribution >= 0.6 is 12.4 Å². The van der Waals surface area contributed by atoms with Gasteiger partial charge in [-0.2, -0.15) is 0 Å². The quantitative estimate of drug-likeness (QED) is 0.822. The van der Waals surface area contributed by atoms with Crippen LogP contribution in [0.25, 0.3) is 10.9 Å². The Balaban J connectivity index is 0.00000147. The van der Waals surface area contributed by atoms with Crippen molar-refractivity contribution in [3.8, 4) is 0 Å². The number of fused-ring (bicyclic) bond motifs is 2. The molecule has 0 saturated heterocycles. The zero-order valence-electron chi connectivity index (χ0n) is 12.1. The van der Waals surface area contributed by atoms with E-state index in [1.54, 1.807) is 0 Å². The molecule has 0 atom stereocenters. The van der Waals surface area contributed by atoms with Gasteiger partial charge in [-0.25, -0.2) is 0 Å². The number of pyridine rings is 1. The van der Waals surface area contributed by atoms with Gasteiger partial charge >= 0.3 is 0 Å². The minimum atomic E-state index is 0. The highest BCUT2D eigenvalue weighted by atomic mass is 35.5. The van der Waals surface area contributed by atoms with Crippen LogP contribution in [0.2, 0.25) is 0 Å². The molecule has 1 aromatic heterocycles. The molecule has 0 saturated carbocycles. The molecular formula is C17H23ClN2. The predicted octanol–water partition coefficient (Wildman–Crippen LogP) is 4.75. The van der Waals surface area contributed by atoms with E-state index in [2.05, 4.69) is 36.5 Å². The number of halogens is 1. The third-order valence-electron chi connectivity index (χ3n) is 4.00. The minimum Gasteiger partial charge on any atom is -0.384 e. The number of nitrogens with one attached hydrogen (secondary N) is 1. The van der Waals surface area contributed by atoms with E-state index in [9.17, 15) is 0 Å². The molecule has 1 N–H and O–H groups in total. The SMILES string of the molecule is CCCCNc1c2c(nc3ccccc13)CCCC2.Cl. The minimum absolute atomic E-state index is 0. The zero-order chi connectivity index (χ0) is 13.1. The van der Waals surface area contributed by atoms with Crippen LogP contribution in [0.5, 0.6) is 0 Å². The zero-order valence-corrected chi connectivity index (χ0v) is 12.9. The van der Waals surface area contributed by atoms with E-state index < -0.39 is 0 Å². The van der Waals surface area contributed by atoms with Crippen LogP contribution in [0.4, 0.5) is 5.69 Å². The largest absolute Gasteiger partial charge is 0.384 e. The van der Waals surface area contributed by atoms with Gasteiger partial charge in [0.25, 0.3) is 0 Å². The van der Waals surface area contributed by atoms with Crippen molar-refractivity contribution in [2.24, 2.45) is 0 Å². The van der Waals surface area contributed by atoms with Gasteiger partial charge < -0.3 is 5.32 Å². The summed E-state index contributed by atoms with van der Waals surface area (Å²) in [5.74, 6) is 0. The van der Waals surface area contributed by atoms with Crippen molar-refractivity contribution in [1.82, 2.24) is 4.98 Å². The maximum atomic E-state index is 4.86. The molecule has 1 aliphatic rings. The molecule has 3 rings (SSSR count). The molecule has 1 aliphatic carbocycles. The van der Waals surface area contributed by atoms with Gasteiger partial charge in [0.1, 0.15) is 0 Å². The summed E-state index contributed by atoms with van der Waals surface area (Å²) in [5.41, 5.74) is 5.29. The van der Waals surface area contributed by atoms with Gasteiger partial charge in [-0.05, 0) is 43.7 Å². The molecule has 0 bridgehead atoms. The number of unbranched alkanes of at least 4 members (excludes halogenated alkanes) is 1. The Morgan fingerprint density at radius 1 is 1.15 bits per heavy atom. The fraction of sp³-hybridized carbons (Fsp3) is 0.471. The second kappa shape index (κ2) is 6.94. The molecule has 2 aromatic rings. The summed E-state index contributed by atoms with van der Waals surface area (Å²) >= 11 is 0. The third-order valence-corrected chi connectivity index (χ3v) is 4.00. The fourth-order valence-corrected chi connectivity index (χ4v) is 2.96. The van der Waals surface area contributed by atoms with Crippen molar-refractivity contribution >= 4 is 29.0 Å². The van der Waals surface area contributed by atoms with Crippen molar-refractivity contribution in [2.75, 3.05) is 11.9 Å². The van der Waals surface area contributed by atoms with Gasteiger partial charge in [0.05, 0.1) is 5.52 Å². The Morgan fingerprint density at radius 2 is 1.95 bits per heavy atom. The Hall–Kier alpha value is -1.28. The topological polar surface area (TPSA) is 24.9 Å². The molecule has 0 spiro atoms. The smallest absolute Gasteiger partial charge is 0.0726 e. The molecule has 2 nitrogen and oxygen atoms in total. The summed E-state index contributed by atoms with van der Waals surface area (Å²) in [4.78, 5) is 4.86. The van der Waals surface area contributed by atoms with E-state index in [1.165, 1.54) is 54.4 Å². The highest BCUT2D eigenvalue weighted by Crippen LogP contribution is 2.33. The third kappa shape index (κ3) is 2.90. The van der Waals surface area contributed by atoms with Crippen LogP contribution in [-0.2, 0) is 12.8 Å². The molecule has 0 fully saturated rings. The average molecular weight is 291 g/mol. The van der Waals surface area contributed by atoms with Gasteiger partial charge in [-0.15, -0.1) is 12.4 Å². The van der Waals surface area contributed by atoms with E-state index >= 15 is 0 Å². The van der Waals surface area contributed by atoms with Gasteiger partial charge in [-0.1, -0.05) is 31.5 Å². The molecule has 0 radical (unpaired) electrons. The second-order valence-corrected chi connectivity index (χ2v) is 5.42. The van der Waals surface area contributed by atoms with Gasteiger partial charge in [0.2, 0.25) is 0 Å². The normalized spacial score (nSPS) is 13.7. The lowest BCUT2D eigenvalue weighted by Gasteiger charge is -2.21. The molecule has 0 unspecified atom stereocenters. The second-order valence-electron chi connectivity index (χ2n) is 5.42. The van der Waals surface area contributed by atoms with Crippen LogP contribution in [0.3, 0.4) is 0 Å². The van der Waals surface area contributed by atoms with E-state index in [4.69, 9.17) is 4.98 Å². The van der Waals surface area contributed by atoms with Gasteiger partial charge in [-0.3, -0.25) is 4.98 Å². The Labute approximate surface area is 127 Å². The molecule has 0 amide bonds. The first-order valence-corrected chi connectivity index (χ1v) is 7.54. The molecule has 20 heavy (non-hydrogen) atoms. The lowest BCUT2D eigenvalue weighted by Crippen LogP contribution is -2.12. The van der Waals surface area contributed by atoms with E-state index in [0.29, 0.717) is 0 Å². The summed E-state index contributed by atoms with van der Waals surface area (Å²) in [5, 5.41) is 4.97. The number of hydrogen-bond donors (Lipinski definition) is 1. The lowest BCUT2D eigenvalue weighted by atomic mass is 9.92. The first-order valence-electron chi connectivity index (χ1n) is 7.54. The summed E-state index contributed by atoms with van der Waals surface area (Å²) in [6, 6.07) is 8.53. The van der Waals surface area contributed by atoms with Crippen LogP contribution in [0.15, 0.2) is 24.3 Å². The van der Waals surface area contributed by atoms with Crippen molar-refractivity contribution in [3.63, 3.8) is 0 Å². The van der Waals surface area contributed by atoms with Crippen LogP contribution in [0.1, 0.15) is 43.9 Å². The Kier molecular flexibility index (Phi) is 5.24. The highest BCUT2D eigenvalue weighted by Gasteiger charge is 2.17. The number of para-hydroxylation sites is 1. The molecule has 1 aromatic carbocycles. The average Bonchev–Trinajstić information content (AvgIpc) is 2.46. The monoisotopic (exact) mass is 290 g/mol. The predicted molar refractivity (Wildman–Crippen MR) is 89.0 cm³/mol. The number of rotatable bonds is 4. The number of anilines is 1. The van der Waals surface area contributed by atoms with Crippen molar-refractivity contribution < 1.29 is 0 Å². The van der Waals surface area contributed by atoms with Crippen molar-refractivity contribution in [3.05, 3.63) is 35.5 Å². The molecule has 1 heterocycles. The number of aromatic nitrogens is 1. The number of nitrogens with zero attached hydrogens (tertiary/aromatic N) is 1. The fourth-order valence-electron chi connectivity index (χ4n) is 2.96. The van der Waals surface area contributed by atoms with E-state index in [0.717, 1.165) is 18.5 Å². The van der Waals surface area contributed by atoms with Crippen LogP contribution in [0, 0.1) is 0 Å². The number of aryl methyl sites for hydroxylation is 1. The molecular weight excluding hydrogens is 268 g/mol. The summed E-state index contributed by atoms with van der Waals surface area (Å²) in [7, 11) is 0. The first-order chi connectivity index (χ1) is 9.40. The van der Waals surface area contributed by atoms with Crippen LogP contribution in [-0.4, -0.2) is 11.5 Å². The number of hydrogen-bond acceptors (Lipinski definition) is 2. The lowest BCUT2D eigenvalue weighted by molar-refractivity contribution is 0.671. The van der Waals surface area contributed by atoms with Crippen molar-refractivity contribution in [2.45, 2.75) is 45.4 Å². The molecule has 108 valence electrons. The van der Waals surface area contributed by atoms with Crippen LogP contribution < -0.4 is 5.32 Å². The summed E-state index contributed by atoms with van der Waals surface area (Å²) in [6.07, 6.45) is 7.37. The van der Waals surface area contributed by atoms with Gasteiger partial charge in [0.15, 0.2) is 0 Å². The standard InChI is InChI=1S/C17H22N2.ClH/c1-2-3-12-18-17-13-8-4-6-10-15(13)19-16-11-7-5-9-14(16)17;/h4,6,8,10H,2-3,5,7,9,11-12H2,1H3,(H,18,19);1H. The summed E-state index contributed by atoms with van der Waals surface area (Å²) < 4.78 is 0.